The summed E-state index contributed by atoms with van der Waals surface area (Å²) in [4.78, 5) is 28.6. The molecule has 3 aromatic rings. The maximum absolute atomic E-state index is 13.4. The lowest BCUT2D eigenvalue weighted by atomic mass is 10.0. The first-order valence-electron chi connectivity index (χ1n) is 14.0. The van der Waals surface area contributed by atoms with Crippen molar-refractivity contribution in [2.75, 3.05) is 20.2 Å². The highest BCUT2D eigenvalue weighted by molar-refractivity contribution is 5.98. The van der Waals surface area contributed by atoms with Gasteiger partial charge >= 0.3 is 0 Å². The smallest absolute Gasteiger partial charge is 0.251 e. The lowest BCUT2D eigenvalue weighted by molar-refractivity contribution is -0.134. The molecule has 0 aromatic heterocycles. The zero-order valence-corrected chi connectivity index (χ0v) is 22.3. The summed E-state index contributed by atoms with van der Waals surface area (Å²) in [6.07, 6.45) is 7.12. The molecule has 1 heterocycles. The number of carbonyl (C=O) groups is 2. The van der Waals surface area contributed by atoms with Crippen LogP contribution in [-0.4, -0.2) is 43.0 Å². The van der Waals surface area contributed by atoms with Crippen molar-refractivity contribution in [2.24, 2.45) is 5.92 Å². The minimum Gasteiger partial charge on any atom is -0.497 e. The van der Waals surface area contributed by atoms with Gasteiger partial charge in [-0.05, 0) is 91.3 Å². The second-order valence-corrected chi connectivity index (χ2v) is 10.7. The van der Waals surface area contributed by atoms with Gasteiger partial charge in [0.1, 0.15) is 11.8 Å². The van der Waals surface area contributed by atoms with E-state index < -0.39 is 6.04 Å². The largest absolute Gasteiger partial charge is 0.497 e. The van der Waals surface area contributed by atoms with Crippen LogP contribution in [0.15, 0.2) is 78.9 Å². The maximum Gasteiger partial charge on any atom is 0.251 e. The normalized spacial score (nSPS) is 19.4. The van der Waals surface area contributed by atoms with Crippen LogP contribution in [0.25, 0.3) is 11.1 Å². The van der Waals surface area contributed by atoms with E-state index in [2.05, 4.69) is 29.6 Å². The predicted molar refractivity (Wildman–Crippen MR) is 151 cm³/mol. The first kappa shape index (κ1) is 26.0. The second kappa shape index (κ2) is 12.3. The van der Waals surface area contributed by atoms with Gasteiger partial charge in [0.05, 0.1) is 7.11 Å². The van der Waals surface area contributed by atoms with E-state index in [-0.39, 0.29) is 11.8 Å². The van der Waals surface area contributed by atoms with Crippen LogP contribution >= 0.6 is 0 Å². The summed E-state index contributed by atoms with van der Waals surface area (Å²) in [6, 6.07) is 25.7. The summed E-state index contributed by atoms with van der Waals surface area (Å²) in [5.74, 6) is 2.02. The van der Waals surface area contributed by atoms with E-state index in [1.54, 1.807) is 7.11 Å². The third-order valence-corrected chi connectivity index (χ3v) is 8.06. The topological polar surface area (TPSA) is 58.6 Å². The summed E-state index contributed by atoms with van der Waals surface area (Å²) < 4.78 is 5.28. The summed E-state index contributed by atoms with van der Waals surface area (Å²) in [7, 11) is 1.69. The molecule has 1 N–H and O–H groups in total. The van der Waals surface area contributed by atoms with Crippen molar-refractivity contribution in [1.82, 2.24) is 10.2 Å². The maximum atomic E-state index is 13.4. The van der Waals surface area contributed by atoms with E-state index in [1.165, 1.54) is 18.4 Å². The number of piperidine rings is 1. The molecule has 5 heteroatoms. The molecule has 5 rings (SSSR count). The molecule has 198 valence electrons. The van der Waals surface area contributed by atoms with Crippen molar-refractivity contribution >= 4 is 11.8 Å². The predicted octanol–water partition coefficient (Wildman–Crippen LogP) is 6.45. The highest BCUT2D eigenvalue weighted by Gasteiger charge is 2.38. The highest BCUT2D eigenvalue weighted by atomic mass is 16.5. The van der Waals surface area contributed by atoms with Crippen LogP contribution in [0.3, 0.4) is 0 Å². The molecule has 2 aliphatic rings. The molecule has 1 aliphatic carbocycles. The number of amides is 2. The quantitative estimate of drug-likeness (QED) is 0.341. The minimum atomic E-state index is -0.479. The van der Waals surface area contributed by atoms with Crippen molar-refractivity contribution in [1.29, 1.82) is 0 Å². The number of nitrogens with zero attached hydrogens (tertiary/aromatic N) is 1. The van der Waals surface area contributed by atoms with Gasteiger partial charge < -0.3 is 15.0 Å². The van der Waals surface area contributed by atoms with Gasteiger partial charge in [-0.3, -0.25) is 9.59 Å². The first-order valence-corrected chi connectivity index (χ1v) is 14.0. The van der Waals surface area contributed by atoms with Gasteiger partial charge in [0, 0.05) is 18.7 Å². The van der Waals surface area contributed by atoms with Crippen LogP contribution in [0, 0.1) is 5.92 Å². The molecule has 1 saturated heterocycles. The number of ether oxygens (including phenoxy) is 1. The van der Waals surface area contributed by atoms with Gasteiger partial charge in [0.15, 0.2) is 0 Å². The van der Waals surface area contributed by atoms with Gasteiger partial charge in [-0.2, -0.15) is 0 Å². The van der Waals surface area contributed by atoms with Crippen LogP contribution in [0.2, 0.25) is 0 Å². The Hall–Kier alpha value is -3.60. The molecule has 2 amide bonds. The number of rotatable bonds is 10. The molecular weight excluding hydrogens is 472 g/mol. The Morgan fingerprint density at radius 1 is 0.895 bits per heavy atom. The lowest BCUT2D eigenvalue weighted by Crippen LogP contribution is -2.50. The van der Waals surface area contributed by atoms with E-state index >= 15 is 0 Å². The molecule has 1 saturated carbocycles. The van der Waals surface area contributed by atoms with E-state index in [0.717, 1.165) is 55.6 Å². The molecular formula is C33H38N2O3. The lowest BCUT2D eigenvalue weighted by Gasteiger charge is -2.31. The average Bonchev–Trinajstić information content (AvgIpc) is 3.77. The third kappa shape index (κ3) is 6.45. The van der Waals surface area contributed by atoms with E-state index in [4.69, 9.17) is 4.74 Å². The molecule has 1 aliphatic heterocycles. The van der Waals surface area contributed by atoms with E-state index in [0.29, 0.717) is 23.8 Å². The average molecular weight is 511 g/mol. The van der Waals surface area contributed by atoms with Gasteiger partial charge in [-0.15, -0.1) is 0 Å². The van der Waals surface area contributed by atoms with Gasteiger partial charge in [-0.1, -0.05) is 61.0 Å². The van der Waals surface area contributed by atoms with Crippen molar-refractivity contribution in [3.8, 4) is 16.9 Å². The van der Waals surface area contributed by atoms with Gasteiger partial charge in [0.25, 0.3) is 5.91 Å². The standard InChI is InChI=1S/C33H38N2O3/c1-38-29-19-17-26(18-20-29)30-23-28(30)11-8-12-31(33(37)35-21-6-3-7-22-35)34-32(36)27-15-13-25(14-16-27)24-9-4-2-5-10-24/h2,4-5,9-10,13-20,28,30-31H,3,6-8,11-12,21-23H2,1H3,(H,34,36)/t28-,30+,31+/m1/s1. The number of hydrogen-bond donors (Lipinski definition) is 1. The molecule has 0 unspecified atom stereocenters. The summed E-state index contributed by atoms with van der Waals surface area (Å²) in [5.41, 5.74) is 4.14. The Morgan fingerprint density at radius 3 is 2.26 bits per heavy atom. The molecule has 2 fully saturated rings. The number of methoxy groups -OCH3 is 1. The van der Waals surface area contributed by atoms with Crippen molar-refractivity contribution in [2.45, 2.75) is 56.9 Å². The van der Waals surface area contributed by atoms with Crippen LogP contribution in [-0.2, 0) is 4.79 Å². The Bertz CT molecular complexity index is 1200. The van der Waals surface area contributed by atoms with E-state index in [1.807, 2.05) is 59.5 Å². The highest BCUT2D eigenvalue weighted by Crippen LogP contribution is 2.50. The fraction of sp³-hybridized carbons (Fsp3) is 0.394. The minimum absolute atomic E-state index is 0.0708. The van der Waals surface area contributed by atoms with Crippen LogP contribution in [0.1, 0.15) is 66.8 Å². The molecule has 0 radical (unpaired) electrons. The number of carbonyl (C=O) groups excluding carboxylic acids is 2. The Morgan fingerprint density at radius 2 is 1.58 bits per heavy atom. The van der Waals surface area contributed by atoms with E-state index in [9.17, 15) is 9.59 Å². The molecule has 0 bridgehead atoms. The number of hydrogen-bond acceptors (Lipinski definition) is 3. The number of nitrogens with one attached hydrogen (secondary N) is 1. The number of benzene rings is 3. The Kier molecular flexibility index (Phi) is 8.42. The third-order valence-electron chi connectivity index (χ3n) is 8.06. The SMILES string of the molecule is COc1ccc([C@@H]2C[C@H]2CCC[C@H](NC(=O)c2ccc(-c3ccccc3)cc2)C(=O)N2CCCCC2)cc1. The summed E-state index contributed by atoms with van der Waals surface area (Å²) in [6.45, 7) is 1.58. The second-order valence-electron chi connectivity index (χ2n) is 10.7. The van der Waals surface area contributed by atoms with Gasteiger partial charge in [0.2, 0.25) is 5.91 Å². The fourth-order valence-corrected chi connectivity index (χ4v) is 5.69. The van der Waals surface area contributed by atoms with Crippen LogP contribution in [0.5, 0.6) is 5.75 Å². The van der Waals surface area contributed by atoms with Gasteiger partial charge in [-0.25, -0.2) is 0 Å². The molecule has 3 atom stereocenters. The zero-order chi connectivity index (χ0) is 26.3. The molecule has 5 nitrogen and oxygen atoms in total. The van der Waals surface area contributed by atoms with Crippen LogP contribution in [0.4, 0.5) is 0 Å². The number of likely N-dealkylation sites (tertiary alicyclic amines) is 1. The van der Waals surface area contributed by atoms with Crippen LogP contribution < -0.4 is 10.1 Å². The summed E-state index contributed by atoms with van der Waals surface area (Å²) >= 11 is 0. The molecule has 0 spiro atoms. The summed E-state index contributed by atoms with van der Waals surface area (Å²) in [5, 5.41) is 3.10. The van der Waals surface area contributed by atoms with Crippen molar-refractivity contribution in [3.05, 3.63) is 90.0 Å². The van der Waals surface area contributed by atoms with Crippen molar-refractivity contribution < 1.29 is 14.3 Å². The molecule has 3 aromatic carbocycles. The fourth-order valence-electron chi connectivity index (χ4n) is 5.69. The monoisotopic (exact) mass is 510 g/mol. The first-order chi connectivity index (χ1) is 18.6. The molecule has 38 heavy (non-hydrogen) atoms. The Balaban J connectivity index is 1.19. The van der Waals surface area contributed by atoms with Crippen molar-refractivity contribution in [3.63, 3.8) is 0 Å². The zero-order valence-electron chi connectivity index (χ0n) is 22.3. The Labute approximate surface area is 226 Å².